The lowest BCUT2D eigenvalue weighted by Crippen LogP contribution is -2.30. The Bertz CT molecular complexity index is 314. The molecule has 1 rings (SSSR count). The summed E-state index contributed by atoms with van der Waals surface area (Å²) in [5, 5.41) is 0. The normalized spacial score (nSPS) is 13.1. The molecule has 0 saturated carbocycles. The number of benzene rings is 1. The zero-order valence-corrected chi connectivity index (χ0v) is 10.8. The number of alkyl halides is 2. The van der Waals surface area contributed by atoms with Gasteiger partial charge in [0.1, 0.15) is 5.82 Å². The Morgan fingerprint density at radius 3 is 2.38 bits per heavy atom. The maximum atomic E-state index is 13.1. The van der Waals surface area contributed by atoms with Gasteiger partial charge in [0.25, 0.3) is 0 Å². The standard InChI is InChI=1S/C12H16Cl2FN/c1-10(16(7-5-13)8-6-14)11-3-2-4-12(15)9-11/h2-4,9-10H,5-8H2,1H3. The van der Waals surface area contributed by atoms with E-state index in [2.05, 4.69) is 4.90 Å². The van der Waals surface area contributed by atoms with Gasteiger partial charge in [-0.25, -0.2) is 4.39 Å². The highest BCUT2D eigenvalue weighted by atomic mass is 35.5. The summed E-state index contributed by atoms with van der Waals surface area (Å²) in [6, 6.07) is 6.78. The molecule has 0 aliphatic carbocycles. The van der Waals surface area contributed by atoms with E-state index in [1.807, 2.05) is 13.0 Å². The van der Waals surface area contributed by atoms with Crippen molar-refractivity contribution in [2.45, 2.75) is 13.0 Å². The smallest absolute Gasteiger partial charge is 0.123 e. The van der Waals surface area contributed by atoms with Crippen LogP contribution in [0.2, 0.25) is 0 Å². The Morgan fingerprint density at radius 2 is 1.88 bits per heavy atom. The lowest BCUT2D eigenvalue weighted by atomic mass is 10.1. The molecule has 1 aromatic carbocycles. The van der Waals surface area contributed by atoms with Crippen LogP contribution in [0.4, 0.5) is 4.39 Å². The van der Waals surface area contributed by atoms with Gasteiger partial charge in [0.2, 0.25) is 0 Å². The number of hydrogen-bond acceptors (Lipinski definition) is 1. The quantitative estimate of drug-likeness (QED) is 0.709. The fraction of sp³-hybridized carbons (Fsp3) is 0.500. The summed E-state index contributed by atoms with van der Waals surface area (Å²) in [4.78, 5) is 2.15. The van der Waals surface area contributed by atoms with E-state index in [-0.39, 0.29) is 11.9 Å². The molecule has 1 unspecified atom stereocenters. The average molecular weight is 264 g/mol. The molecule has 0 N–H and O–H groups in total. The van der Waals surface area contributed by atoms with Crippen LogP contribution in [0, 0.1) is 5.82 Å². The summed E-state index contributed by atoms with van der Waals surface area (Å²) in [6.07, 6.45) is 0. The highest BCUT2D eigenvalue weighted by Crippen LogP contribution is 2.20. The monoisotopic (exact) mass is 263 g/mol. The van der Waals surface area contributed by atoms with Gasteiger partial charge in [-0.1, -0.05) is 12.1 Å². The Morgan fingerprint density at radius 1 is 1.25 bits per heavy atom. The molecule has 0 fully saturated rings. The van der Waals surface area contributed by atoms with Gasteiger partial charge in [-0.2, -0.15) is 0 Å². The van der Waals surface area contributed by atoms with Crippen molar-refractivity contribution in [3.05, 3.63) is 35.6 Å². The first-order valence-corrected chi connectivity index (χ1v) is 6.37. The molecule has 0 aliphatic rings. The Labute approximate surface area is 106 Å². The summed E-state index contributed by atoms with van der Waals surface area (Å²) >= 11 is 11.5. The molecule has 0 radical (unpaired) electrons. The molecule has 90 valence electrons. The molecule has 1 atom stereocenters. The van der Waals surface area contributed by atoms with Crippen LogP contribution in [0.3, 0.4) is 0 Å². The van der Waals surface area contributed by atoms with Crippen molar-refractivity contribution < 1.29 is 4.39 Å². The predicted molar refractivity (Wildman–Crippen MR) is 67.8 cm³/mol. The van der Waals surface area contributed by atoms with E-state index in [9.17, 15) is 4.39 Å². The molecular formula is C12H16Cl2FN. The lowest BCUT2D eigenvalue weighted by Gasteiger charge is -2.28. The molecule has 0 bridgehead atoms. The Balaban J connectivity index is 2.76. The second kappa shape index (κ2) is 7.10. The van der Waals surface area contributed by atoms with Crippen molar-refractivity contribution in [1.29, 1.82) is 0 Å². The molecule has 0 aliphatic heterocycles. The van der Waals surface area contributed by atoms with Gasteiger partial charge >= 0.3 is 0 Å². The van der Waals surface area contributed by atoms with Gasteiger partial charge in [0.05, 0.1) is 0 Å². The maximum Gasteiger partial charge on any atom is 0.123 e. The topological polar surface area (TPSA) is 3.24 Å². The fourth-order valence-corrected chi connectivity index (χ4v) is 2.13. The van der Waals surface area contributed by atoms with E-state index in [0.29, 0.717) is 11.8 Å². The molecule has 16 heavy (non-hydrogen) atoms. The van der Waals surface area contributed by atoms with Crippen molar-refractivity contribution in [3.63, 3.8) is 0 Å². The van der Waals surface area contributed by atoms with Gasteiger partial charge in [-0.15, -0.1) is 23.2 Å². The van der Waals surface area contributed by atoms with Crippen LogP contribution in [0.15, 0.2) is 24.3 Å². The third-order valence-electron chi connectivity index (χ3n) is 2.62. The van der Waals surface area contributed by atoms with E-state index in [0.717, 1.165) is 18.7 Å². The first-order valence-electron chi connectivity index (χ1n) is 5.30. The minimum absolute atomic E-state index is 0.133. The number of hydrogen-bond donors (Lipinski definition) is 0. The largest absolute Gasteiger partial charge is 0.294 e. The molecule has 0 saturated heterocycles. The van der Waals surface area contributed by atoms with Gasteiger partial charge in [0, 0.05) is 30.9 Å². The number of halogens is 3. The third-order valence-corrected chi connectivity index (χ3v) is 2.96. The Hall–Kier alpha value is -0.310. The highest BCUT2D eigenvalue weighted by molar-refractivity contribution is 6.18. The SMILES string of the molecule is CC(c1cccc(F)c1)N(CCCl)CCCl. The van der Waals surface area contributed by atoms with Crippen molar-refractivity contribution in [2.24, 2.45) is 0 Å². The first-order chi connectivity index (χ1) is 7.69. The second-order valence-corrected chi connectivity index (χ2v) is 4.40. The van der Waals surface area contributed by atoms with E-state index in [4.69, 9.17) is 23.2 Å². The van der Waals surface area contributed by atoms with Crippen molar-refractivity contribution >= 4 is 23.2 Å². The fourth-order valence-electron chi connectivity index (χ4n) is 1.69. The molecule has 1 aromatic rings. The second-order valence-electron chi connectivity index (χ2n) is 3.64. The summed E-state index contributed by atoms with van der Waals surface area (Å²) in [6.45, 7) is 3.55. The van der Waals surface area contributed by atoms with Crippen molar-refractivity contribution in [1.82, 2.24) is 4.90 Å². The summed E-state index contributed by atoms with van der Waals surface area (Å²) < 4.78 is 13.1. The summed E-state index contributed by atoms with van der Waals surface area (Å²) in [7, 11) is 0. The zero-order valence-electron chi connectivity index (χ0n) is 9.30. The van der Waals surface area contributed by atoms with Crippen LogP contribution in [0.5, 0.6) is 0 Å². The van der Waals surface area contributed by atoms with Gasteiger partial charge in [0.15, 0.2) is 0 Å². The predicted octanol–water partition coefficient (Wildman–Crippen LogP) is 3.67. The molecular weight excluding hydrogens is 248 g/mol. The van der Waals surface area contributed by atoms with E-state index in [1.54, 1.807) is 12.1 Å². The molecule has 1 nitrogen and oxygen atoms in total. The average Bonchev–Trinajstić information content (AvgIpc) is 2.28. The van der Waals surface area contributed by atoms with Crippen LogP contribution in [0.25, 0.3) is 0 Å². The third kappa shape index (κ3) is 3.93. The van der Waals surface area contributed by atoms with Crippen LogP contribution in [-0.2, 0) is 0 Å². The molecule has 0 heterocycles. The van der Waals surface area contributed by atoms with Crippen molar-refractivity contribution in [3.8, 4) is 0 Å². The minimum atomic E-state index is -0.207. The summed E-state index contributed by atoms with van der Waals surface area (Å²) in [5.41, 5.74) is 0.954. The minimum Gasteiger partial charge on any atom is -0.294 e. The van der Waals surface area contributed by atoms with Crippen LogP contribution >= 0.6 is 23.2 Å². The molecule has 0 amide bonds. The van der Waals surface area contributed by atoms with E-state index < -0.39 is 0 Å². The number of nitrogens with zero attached hydrogens (tertiary/aromatic N) is 1. The zero-order chi connectivity index (χ0) is 12.0. The van der Waals surface area contributed by atoms with Gasteiger partial charge < -0.3 is 0 Å². The highest BCUT2D eigenvalue weighted by Gasteiger charge is 2.14. The maximum absolute atomic E-state index is 13.1. The van der Waals surface area contributed by atoms with Gasteiger partial charge in [-0.05, 0) is 24.6 Å². The van der Waals surface area contributed by atoms with Crippen molar-refractivity contribution in [2.75, 3.05) is 24.8 Å². The van der Waals surface area contributed by atoms with Crippen LogP contribution in [0.1, 0.15) is 18.5 Å². The summed E-state index contributed by atoms with van der Waals surface area (Å²) in [5.74, 6) is 0.897. The van der Waals surface area contributed by atoms with Crippen LogP contribution < -0.4 is 0 Å². The molecule has 0 aromatic heterocycles. The van der Waals surface area contributed by atoms with Crippen LogP contribution in [-0.4, -0.2) is 29.7 Å². The lowest BCUT2D eigenvalue weighted by molar-refractivity contribution is 0.237. The van der Waals surface area contributed by atoms with E-state index in [1.165, 1.54) is 6.07 Å². The van der Waals surface area contributed by atoms with Gasteiger partial charge in [-0.3, -0.25) is 4.90 Å². The molecule has 0 spiro atoms. The number of rotatable bonds is 6. The molecule has 4 heteroatoms. The first kappa shape index (κ1) is 13.8. The van der Waals surface area contributed by atoms with E-state index >= 15 is 0 Å². The Kier molecular flexibility index (Phi) is 6.10.